The average molecular weight is 401 g/mol. The van der Waals surface area contributed by atoms with Crippen LogP contribution >= 0.6 is 23.2 Å². The first-order valence-electron chi connectivity index (χ1n) is 7.39. The molecule has 8 nitrogen and oxygen atoms in total. The highest BCUT2D eigenvalue weighted by Gasteiger charge is 2.24. The number of ether oxygens (including phenoxy) is 1. The molecule has 138 valence electrons. The van der Waals surface area contributed by atoms with E-state index in [1.165, 1.54) is 6.92 Å². The molecule has 10 heteroatoms. The number of amides is 1. The maximum absolute atomic E-state index is 12.2. The van der Waals surface area contributed by atoms with Crippen molar-refractivity contribution in [3.05, 3.63) is 61.8 Å². The lowest BCUT2D eigenvalue weighted by atomic mass is 10.1. The standard InChI is InChI=1S/C16H14Cl2N2O6/c1-8(11-4-3-10(17)7-12(11)18)19-15(21)9(2)25-16(22)13-5-6-14(26-13)20(23)24/h3-9H,1-2H3,(H,19,21)/t8-,9+/m0/s1. The van der Waals surface area contributed by atoms with Crippen LogP contribution in [0.15, 0.2) is 34.7 Å². The Morgan fingerprint density at radius 3 is 2.50 bits per heavy atom. The number of benzene rings is 1. The first-order valence-corrected chi connectivity index (χ1v) is 8.15. The van der Waals surface area contributed by atoms with Gasteiger partial charge in [0.25, 0.3) is 5.91 Å². The van der Waals surface area contributed by atoms with Crippen LogP contribution in [0.1, 0.15) is 36.0 Å². The quantitative estimate of drug-likeness (QED) is 0.446. The fourth-order valence-electron chi connectivity index (χ4n) is 2.07. The first-order chi connectivity index (χ1) is 12.2. The number of carbonyl (C=O) groups is 2. The number of rotatable bonds is 6. The van der Waals surface area contributed by atoms with Crippen LogP contribution in [0.4, 0.5) is 5.88 Å². The summed E-state index contributed by atoms with van der Waals surface area (Å²) in [5.74, 6) is -2.53. The van der Waals surface area contributed by atoms with Gasteiger partial charge in [-0.15, -0.1) is 0 Å². The van der Waals surface area contributed by atoms with Gasteiger partial charge in [0.2, 0.25) is 5.76 Å². The van der Waals surface area contributed by atoms with E-state index in [0.717, 1.165) is 12.1 Å². The Morgan fingerprint density at radius 1 is 1.23 bits per heavy atom. The van der Waals surface area contributed by atoms with Gasteiger partial charge in [-0.25, -0.2) is 4.79 Å². The van der Waals surface area contributed by atoms with E-state index in [9.17, 15) is 19.7 Å². The minimum Gasteiger partial charge on any atom is -0.447 e. The van der Waals surface area contributed by atoms with E-state index < -0.39 is 34.8 Å². The molecule has 1 amide bonds. The van der Waals surface area contributed by atoms with Crippen molar-refractivity contribution in [3.63, 3.8) is 0 Å². The minimum absolute atomic E-state index is 0.370. The maximum Gasteiger partial charge on any atom is 0.433 e. The molecule has 0 saturated carbocycles. The van der Waals surface area contributed by atoms with Crippen molar-refractivity contribution < 1.29 is 23.7 Å². The molecule has 0 spiro atoms. The summed E-state index contributed by atoms with van der Waals surface area (Å²) < 4.78 is 9.69. The molecule has 2 rings (SSSR count). The van der Waals surface area contributed by atoms with Crippen LogP contribution in [0.2, 0.25) is 10.0 Å². The number of nitrogens with one attached hydrogen (secondary N) is 1. The molecule has 0 aliphatic carbocycles. The van der Waals surface area contributed by atoms with Gasteiger partial charge in [0.1, 0.15) is 4.92 Å². The molecule has 0 saturated heterocycles. The number of halogens is 2. The Kier molecular flexibility index (Phi) is 6.23. The van der Waals surface area contributed by atoms with Gasteiger partial charge in [0.15, 0.2) is 6.10 Å². The van der Waals surface area contributed by atoms with Crippen LogP contribution in [0.5, 0.6) is 0 Å². The van der Waals surface area contributed by atoms with Gasteiger partial charge >= 0.3 is 11.9 Å². The Morgan fingerprint density at radius 2 is 1.92 bits per heavy atom. The number of nitro groups is 1. The van der Waals surface area contributed by atoms with Crippen LogP contribution < -0.4 is 5.32 Å². The van der Waals surface area contributed by atoms with Crippen LogP contribution in [0, 0.1) is 10.1 Å². The van der Waals surface area contributed by atoms with Crippen LogP contribution in [-0.4, -0.2) is 22.9 Å². The summed E-state index contributed by atoms with van der Waals surface area (Å²) in [6.07, 6.45) is -1.15. The number of nitrogens with zero attached hydrogens (tertiary/aromatic N) is 1. The Labute approximate surface area is 158 Å². The van der Waals surface area contributed by atoms with Crippen LogP contribution in [-0.2, 0) is 9.53 Å². The van der Waals surface area contributed by atoms with Gasteiger partial charge < -0.3 is 14.5 Å². The lowest BCUT2D eigenvalue weighted by Gasteiger charge is -2.19. The van der Waals surface area contributed by atoms with Crippen molar-refractivity contribution in [2.24, 2.45) is 0 Å². The fourth-order valence-corrected chi connectivity index (χ4v) is 2.64. The molecule has 1 aromatic carbocycles. The van der Waals surface area contributed by atoms with Gasteiger partial charge in [-0.3, -0.25) is 14.9 Å². The molecule has 0 aliphatic heterocycles. The van der Waals surface area contributed by atoms with Crippen LogP contribution in [0.3, 0.4) is 0 Å². The van der Waals surface area contributed by atoms with Crippen molar-refractivity contribution in [2.75, 3.05) is 0 Å². The Bertz CT molecular complexity index is 851. The smallest absolute Gasteiger partial charge is 0.433 e. The first kappa shape index (κ1) is 19.7. The van der Waals surface area contributed by atoms with Gasteiger partial charge in [-0.05, 0) is 37.6 Å². The molecular weight excluding hydrogens is 387 g/mol. The molecule has 0 unspecified atom stereocenters. The van der Waals surface area contributed by atoms with Gasteiger partial charge in [-0.1, -0.05) is 29.3 Å². The monoisotopic (exact) mass is 400 g/mol. The molecule has 0 bridgehead atoms. The van der Waals surface area contributed by atoms with E-state index in [1.807, 2.05) is 0 Å². The third-order valence-corrected chi connectivity index (χ3v) is 3.98. The second-order valence-corrected chi connectivity index (χ2v) is 6.18. The van der Waals surface area contributed by atoms with Gasteiger partial charge in [0, 0.05) is 10.0 Å². The van der Waals surface area contributed by atoms with Crippen molar-refractivity contribution in [1.82, 2.24) is 5.32 Å². The van der Waals surface area contributed by atoms with Gasteiger partial charge in [0.05, 0.1) is 12.1 Å². The second kappa shape index (κ2) is 8.20. The molecule has 0 fully saturated rings. The summed E-state index contributed by atoms with van der Waals surface area (Å²) in [5.41, 5.74) is 0.643. The van der Waals surface area contributed by atoms with Crippen molar-refractivity contribution >= 4 is 41.0 Å². The molecule has 0 aliphatic rings. The molecule has 1 aromatic heterocycles. The highest BCUT2D eigenvalue weighted by Crippen LogP contribution is 2.26. The van der Waals surface area contributed by atoms with E-state index in [1.54, 1.807) is 25.1 Å². The largest absolute Gasteiger partial charge is 0.447 e. The van der Waals surface area contributed by atoms with E-state index in [0.29, 0.717) is 15.6 Å². The van der Waals surface area contributed by atoms with E-state index in [4.69, 9.17) is 32.4 Å². The lowest BCUT2D eigenvalue weighted by molar-refractivity contribution is -0.402. The highest BCUT2D eigenvalue weighted by molar-refractivity contribution is 6.35. The summed E-state index contributed by atoms with van der Waals surface area (Å²) in [6.45, 7) is 3.07. The second-order valence-electron chi connectivity index (χ2n) is 5.34. The lowest BCUT2D eigenvalue weighted by Crippen LogP contribution is -2.37. The van der Waals surface area contributed by atoms with Crippen molar-refractivity contribution in [2.45, 2.75) is 26.0 Å². The predicted molar refractivity (Wildman–Crippen MR) is 93.3 cm³/mol. The van der Waals surface area contributed by atoms with Gasteiger partial charge in [-0.2, -0.15) is 0 Å². The van der Waals surface area contributed by atoms with Crippen molar-refractivity contribution in [1.29, 1.82) is 0 Å². The summed E-state index contributed by atoms with van der Waals surface area (Å²) in [4.78, 5) is 33.8. The normalized spacial score (nSPS) is 12.9. The number of esters is 1. The SMILES string of the molecule is C[C@H](NC(=O)[C@@H](C)OC(=O)c1ccc([N+](=O)[O-])o1)c1ccc(Cl)cc1Cl. The zero-order chi connectivity index (χ0) is 19.4. The molecule has 1 N–H and O–H groups in total. The Hall–Kier alpha value is -2.58. The third-order valence-electron chi connectivity index (χ3n) is 3.41. The molecule has 1 heterocycles. The molecule has 2 aromatic rings. The summed E-state index contributed by atoms with van der Waals surface area (Å²) in [7, 11) is 0. The van der Waals surface area contributed by atoms with Crippen molar-refractivity contribution in [3.8, 4) is 0 Å². The number of carbonyl (C=O) groups excluding carboxylic acids is 2. The maximum atomic E-state index is 12.2. The molecule has 26 heavy (non-hydrogen) atoms. The van der Waals surface area contributed by atoms with E-state index in [-0.39, 0.29) is 5.76 Å². The molecule has 0 radical (unpaired) electrons. The highest BCUT2D eigenvalue weighted by atomic mass is 35.5. The fraction of sp³-hybridized carbons (Fsp3) is 0.250. The Balaban J connectivity index is 1.97. The molecule has 2 atom stereocenters. The predicted octanol–water partition coefficient (Wildman–Crippen LogP) is 3.92. The number of hydrogen-bond donors (Lipinski definition) is 1. The summed E-state index contributed by atoms with van der Waals surface area (Å²) in [5, 5.41) is 14.1. The summed E-state index contributed by atoms with van der Waals surface area (Å²) >= 11 is 11.9. The summed E-state index contributed by atoms with van der Waals surface area (Å²) in [6, 6.07) is 6.52. The van der Waals surface area contributed by atoms with Crippen LogP contribution in [0.25, 0.3) is 0 Å². The zero-order valence-corrected chi connectivity index (χ0v) is 15.2. The molecular formula is C16H14Cl2N2O6. The third kappa shape index (κ3) is 4.74. The zero-order valence-electron chi connectivity index (χ0n) is 13.7. The van der Waals surface area contributed by atoms with E-state index >= 15 is 0 Å². The average Bonchev–Trinajstić information content (AvgIpc) is 3.04. The number of furan rings is 1. The number of hydrogen-bond acceptors (Lipinski definition) is 6. The minimum atomic E-state index is -1.15. The topological polar surface area (TPSA) is 112 Å². The van der Waals surface area contributed by atoms with E-state index in [2.05, 4.69) is 5.32 Å².